The average Bonchev–Trinajstić information content (AvgIpc) is 3.32. The van der Waals surface area contributed by atoms with Crippen molar-refractivity contribution in [2.45, 2.75) is 39.2 Å². The minimum atomic E-state index is -0.0651. The number of carbonyl (C=O) groups is 1. The van der Waals surface area contributed by atoms with Gasteiger partial charge in [0.25, 0.3) is 5.91 Å². The first-order valence-corrected chi connectivity index (χ1v) is 7.30. The van der Waals surface area contributed by atoms with Gasteiger partial charge in [-0.2, -0.15) is 0 Å². The molecule has 1 aromatic heterocycles. The number of nitrogens with one attached hydrogen (secondary N) is 1. The maximum Gasteiger partial charge on any atom is 0.251 e. The number of hydrogen-bond donors (Lipinski definition) is 1. The van der Waals surface area contributed by atoms with Gasteiger partial charge < -0.3 is 5.32 Å². The molecule has 0 spiro atoms. The molecule has 3 rings (SSSR count). The van der Waals surface area contributed by atoms with Gasteiger partial charge in [0.1, 0.15) is 6.33 Å². The fourth-order valence-electron chi connectivity index (χ4n) is 2.27. The Balaban J connectivity index is 1.65. The van der Waals surface area contributed by atoms with E-state index in [4.69, 9.17) is 0 Å². The van der Waals surface area contributed by atoms with Crippen LogP contribution in [0.4, 0.5) is 0 Å². The van der Waals surface area contributed by atoms with E-state index >= 15 is 0 Å². The van der Waals surface area contributed by atoms with Crippen LogP contribution in [-0.2, 0) is 6.54 Å². The number of amides is 1. The summed E-state index contributed by atoms with van der Waals surface area (Å²) in [7, 11) is 0. The quantitative estimate of drug-likeness (QED) is 0.937. The molecule has 108 valence electrons. The number of benzene rings is 1. The molecule has 1 heterocycles. The Bertz CT molecular complexity index is 677. The van der Waals surface area contributed by atoms with Gasteiger partial charge in [-0.25, -0.2) is 9.97 Å². The summed E-state index contributed by atoms with van der Waals surface area (Å²) in [5.74, 6) is 0.534. The Morgan fingerprint density at radius 2 is 2.00 bits per heavy atom. The second-order valence-corrected chi connectivity index (χ2v) is 5.69. The van der Waals surface area contributed by atoms with E-state index in [1.807, 2.05) is 38.1 Å². The van der Waals surface area contributed by atoms with Crippen LogP contribution in [0.1, 0.15) is 51.6 Å². The molecule has 1 amide bonds. The van der Waals surface area contributed by atoms with E-state index in [1.165, 1.54) is 18.4 Å². The van der Waals surface area contributed by atoms with Crippen LogP contribution >= 0.6 is 0 Å². The minimum absolute atomic E-state index is 0.0651. The zero-order valence-corrected chi connectivity index (χ0v) is 12.4. The summed E-state index contributed by atoms with van der Waals surface area (Å²) in [5, 5.41) is 2.92. The van der Waals surface area contributed by atoms with Gasteiger partial charge in [0.15, 0.2) is 0 Å². The SMILES string of the molecule is Cc1ccc(C(=O)NCc2cc(C3CC3)ncn2)cc1C. The van der Waals surface area contributed by atoms with E-state index in [0.717, 1.165) is 17.0 Å². The molecule has 1 aromatic carbocycles. The standard InChI is InChI=1S/C17H19N3O/c1-11-3-4-14(7-12(11)2)17(21)18-9-15-8-16(13-5-6-13)20-10-19-15/h3-4,7-8,10,13H,5-6,9H2,1-2H3,(H,18,21). The van der Waals surface area contributed by atoms with Crippen LogP contribution in [0.25, 0.3) is 0 Å². The summed E-state index contributed by atoms with van der Waals surface area (Å²) in [6.45, 7) is 4.49. The summed E-state index contributed by atoms with van der Waals surface area (Å²) in [6, 6.07) is 7.74. The molecule has 4 heteroatoms. The highest BCUT2D eigenvalue weighted by molar-refractivity contribution is 5.94. The molecule has 1 saturated carbocycles. The summed E-state index contributed by atoms with van der Waals surface area (Å²) in [6.07, 6.45) is 4.02. The molecular weight excluding hydrogens is 262 g/mol. The van der Waals surface area contributed by atoms with Crippen molar-refractivity contribution in [3.63, 3.8) is 0 Å². The largest absolute Gasteiger partial charge is 0.346 e. The summed E-state index contributed by atoms with van der Waals surface area (Å²) >= 11 is 0. The fourth-order valence-corrected chi connectivity index (χ4v) is 2.27. The van der Waals surface area contributed by atoms with Crippen molar-refractivity contribution in [3.8, 4) is 0 Å². The molecule has 1 N–H and O–H groups in total. The predicted octanol–water partition coefficient (Wildman–Crippen LogP) is 2.90. The maximum atomic E-state index is 12.2. The number of rotatable bonds is 4. The van der Waals surface area contributed by atoms with Gasteiger partial charge in [0, 0.05) is 17.2 Å². The summed E-state index contributed by atoms with van der Waals surface area (Å²) in [4.78, 5) is 20.7. The van der Waals surface area contributed by atoms with Gasteiger partial charge in [-0.3, -0.25) is 4.79 Å². The normalized spacial score (nSPS) is 14.0. The number of aromatic nitrogens is 2. The first-order valence-electron chi connectivity index (χ1n) is 7.30. The van der Waals surface area contributed by atoms with Crippen LogP contribution in [0.2, 0.25) is 0 Å². The van der Waals surface area contributed by atoms with E-state index in [0.29, 0.717) is 18.0 Å². The molecule has 1 fully saturated rings. The van der Waals surface area contributed by atoms with E-state index in [-0.39, 0.29) is 5.91 Å². The monoisotopic (exact) mass is 281 g/mol. The van der Waals surface area contributed by atoms with Gasteiger partial charge in [-0.15, -0.1) is 0 Å². The molecular formula is C17H19N3O. The average molecular weight is 281 g/mol. The van der Waals surface area contributed by atoms with Crippen molar-refractivity contribution >= 4 is 5.91 Å². The molecule has 4 nitrogen and oxygen atoms in total. The lowest BCUT2D eigenvalue weighted by Gasteiger charge is -2.07. The van der Waals surface area contributed by atoms with Gasteiger partial charge in [0.2, 0.25) is 0 Å². The van der Waals surface area contributed by atoms with Crippen molar-refractivity contribution in [3.05, 3.63) is 58.7 Å². The molecule has 1 aliphatic rings. The number of aryl methyl sites for hydroxylation is 2. The maximum absolute atomic E-state index is 12.2. The van der Waals surface area contributed by atoms with Crippen molar-refractivity contribution < 1.29 is 4.79 Å². The van der Waals surface area contributed by atoms with Crippen LogP contribution in [0, 0.1) is 13.8 Å². The lowest BCUT2D eigenvalue weighted by molar-refractivity contribution is 0.0950. The van der Waals surface area contributed by atoms with Crippen LogP contribution in [0.5, 0.6) is 0 Å². The molecule has 0 unspecified atom stereocenters. The Labute approximate surface area is 124 Å². The molecule has 0 bridgehead atoms. The van der Waals surface area contributed by atoms with E-state index in [9.17, 15) is 4.79 Å². The van der Waals surface area contributed by atoms with Crippen molar-refractivity contribution in [2.24, 2.45) is 0 Å². The smallest absolute Gasteiger partial charge is 0.251 e. The topological polar surface area (TPSA) is 54.9 Å². The van der Waals surface area contributed by atoms with Crippen LogP contribution in [-0.4, -0.2) is 15.9 Å². The molecule has 1 aliphatic carbocycles. The zero-order chi connectivity index (χ0) is 14.8. The van der Waals surface area contributed by atoms with Crippen molar-refractivity contribution in [1.29, 1.82) is 0 Å². The lowest BCUT2D eigenvalue weighted by Crippen LogP contribution is -2.23. The van der Waals surface area contributed by atoms with Crippen LogP contribution in [0.3, 0.4) is 0 Å². The molecule has 0 radical (unpaired) electrons. The fraction of sp³-hybridized carbons (Fsp3) is 0.353. The Morgan fingerprint density at radius 3 is 2.71 bits per heavy atom. The van der Waals surface area contributed by atoms with Gasteiger partial charge in [-0.1, -0.05) is 6.07 Å². The Morgan fingerprint density at radius 1 is 1.19 bits per heavy atom. The highest BCUT2D eigenvalue weighted by atomic mass is 16.1. The predicted molar refractivity (Wildman–Crippen MR) is 81.1 cm³/mol. The molecule has 21 heavy (non-hydrogen) atoms. The van der Waals surface area contributed by atoms with Crippen LogP contribution < -0.4 is 5.32 Å². The third-order valence-electron chi connectivity index (χ3n) is 3.94. The zero-order valence-electron chi connectivity index (χ0n) is 12.4. The Hall–Kier alpha value is -2.23. The summed E-state index contributed by atoms with van der Waals surface area (Å²) < 4.78 is 0. The highest BCUT2D eigenvalue weighted by Crippen LogP contribution is 2.38. The third kappa shape index (κ3) is 3.27. The van der Waals surface area contributed by atoms with E-state index in [1.54, 1.807) is 6.33 Å². The lowest BCUT2D eigenvalue weighted by atomic mass is 10.1. The van der Waals surface area contributed by atoms with Crippen molar-refractivity contribution in [1.82, 2.24) is 15.3 Å². The molecule has 2 aromatic rings. The van der Waals surface area contributed by atoms with E-state index in [2.05, 4.69) is 15.3 Å². The molecule has 0 saturated heterocycles. The summed E-state index contributed by atoms with van der Waals surface area (Å²) in [5.41, 5.74) is 4.97. The van der Waals surface area contributed by atoms with E-state index < -0.39 is 0 Å². The first kappa shape index (κ1) is 13.7. The molecule has 0 aliphatic heterocycles. The van der Waals surface area contributed by atoms with Gasteiger partial charge in [-0.05, 0) is 56.0 Å². The van der Waals surface area contributed by atoms with Crippen LogP contribution in [0.15, 0.2) is 30.6 Å². The second-order valence-electron chi connectivity index (χ2n) is 5.69. The third-order valence-corrected chi connectivity index (χ3v) is 3.94. The number of carbonyl (C=O) groups excluding carboxylic acids is 1. The molecule has 0 atom stereocenters. The van der Waals surface area contributed by atoms with Crippen molar-refractivity contribution in [2.75, 3.05) is 0 Å². The van der Waals surface area contributed by atoms with Gasteiger partial charge in [0.05, 0.1) is 12.2 Å². The number of nitrogens with zero attached hydrogens (tertiary/aromatic N) is 2. The Kier molecular flexibility index (Phi) is 3.69. The number of hydrogen-bond acceptors (Lipinski definition) is 3. The van der Waals surface area contributed by atoms with Gasteiger partial charge >= 0.3 is 0 Å². The highest BCUT2D eigenvalue weighted by Gasteiger charge is 2.25. The minimum Gasteiger partial charge on any atom is -0.346 e. The first-order chi connectivity index (χ1) is 10.1. The second kappa shape index (κ2) is 5.64.